The topological polar surface area (TPSA) is 66.8 Å². The summed E-state index contributed by atoms with van der Waals surface area (Å²) in [6.07, 6.45) is 1.97. The van der Waals surface area contributed by atoms with Gasteiger partial charge in [-0.2, -0.15) is 0 Å². The van der Waals surface area contributed by atoms with Crippen molar-refractivity contribution in [3.8, 4) is 0 Å². The normalized spacial score (nSPS) is 32.6. The van der Waals surface area contributed by atoms with Gasteiger partial charge in [-0.05, 0) is 18.6 Å². The molecule has 96 valence electrons. The van der Waals surface area contributed by atoms with Gasteiger partial charge in [-0.15, -0.1) is 11.8 Å². The molecular weight excluding hydrogens is 242 g/mol. The summed E-state index contributed by atoms with van der Waals surface area (Å²) in [6.45, 7) is 0.534. The molecule has 1 amide bonds. The van der Waals surface area contributed by atoms with Gasteiger partial charge in [0.25, 0.3) is 0 Å². The first kappa shape index (κ1) is 12.7. The molecule has 2 heterocycles. The lowest BCUT2D eigenvalue weighted by Gasteiger charge is -2.28. The number of rotatable bonds is 3. The average molecular weight is 259 g/mol. The van der Waals surface area contributed by atoms with Crippen LogP contribution >= 0.6 is 11.8 Å². The van der Waals surface area contributed by atoms with Crippen LogP contribution in [0.4, 0.5) is 0 Å². The lowest BCUT2D eigenvalue weighted by Crippen LogP contribution is -2.46. The van der Waals surface area contributed by atoms with E-state index in [9.17, 15) is 9.59 Å². The highest BCUT2D eigenvalue weighted by Gasteiger charge is 2.40. The summed E-state index contributed by atoms with van der Waals surface area (Å²) in [7, 11) is 1.69. The van der Waals surface area contributed by atoms with Gasteiger partial charge in [0.1, 0.15) is 5.92 Å². The minimum Gasteiger partial charge on any atom is -0.481 e. The molecule has 2 fully saturated rings. The molecule has 2 aliphatic heterocycles. The molecule has 17 heavy (non-hydrogen) atoms. The van der Waals surface area contributed by atoms with Gasteiger partial charge in [-0.3, -0.25) is 9.59 Å². The van der Waals surface area contributed by atoms with Crippen molar-refractivity contribution in [2.75, 3.05) is 26.0 Å². The number of nitrogens with zero attached hydrogens (tertiary/aromatic N) is 1. The molecule has 0 radical (unpaired) electrons. The first-order valence-corrected chi connectivity index (χ1v) is 6.85. The second-order valence-electron chi connectivity index (χ2n) is 4.50. The molecule has 5 nitrogen and oxygen atoms in total. The first-order chi connectivity index (χ1) is 8.11. The minimum atomic E-state index is -0.883. The van der Waals surface area contributed by atoms with E-state index in [-0.39, 0.29) is 23.8 Å². The Balaban J connectivity index is 2.00. The van der Waals surface area contributed by atoms with Crippen LogP contribution in [0.25, 0.3) is 0 Å². The van der Waals surface area contributed by atoms with Gasteiger partial charge in [0.05, 0.1) is 24.5 Å². The summed E-state index contributed by atoms with van der Waals surface area (Å²) >= 11 is 1.67. The number of amides is 1. The average Bonchev–Trinajstić information content (AvgIpc) is 2.97. The molecular formula is C11H17NO4S. The standard InChI is InChI=1S/C11H17NO4S/c1-12(10(13)9-3-2-4-17-9)8-6-16-5-7(8)11(14)15/h7-9H,2-6H2,1H3,(H,14,15). The number of carbonyl (C=O) groups is 2. The van der Waals surface area contributed by atoms with Crippen LogP contribution in [0, 0.1) is 5.92 Å². The molecule has 0 aromatic rings. The van der Waals surface area contributed by atoms with Crippen molar-refractivity contribution in [1.82, 2.24) is 4.90 Å². The van der Waals surface area contributed by atoms with Gasteiger partial charge in [-0.25, -0.2) is 0 Å². The molecule has 3 atom stereocenters. The number of likely N-dealkylation sites (N-methyl/N-ethyl adjacent to an activating group) is 1. The van der Waals surface area contributed by atoms with Crippen LogP contribution in [0.15, 0.2) is 0 Å². The number of carboxylic acid groups (broad SMARTS) is 1. The van der Waals surface area contributed by atoms with E-state index in [1.807, 2.05) is 0 Å². The molecule has 6 heteroatoms. The zero-order valence-corrected chi connectivity index (χ0v) is 10.6. The number of ether oxygens (including phenoxy) is 1. The van der Waals surface area contributed by atoms with Crippen molar-refractivity contribution >= 4 is 23.6 Å². The molecule has 2 saturated heterocycles. The number of thioether (sulfide) groups is 1. The Morgan fingerprint density at radius 3 is 2.76 bits per heavy atom. The molecule has 0 bridgehead atoms. The second-order valence-corrected chi connectivity index (χ2v) is 5.81. The van der Waals surface area contributed by atoms with Crippen LogP contribution in [0.5, 0.6) is 0 Å². The summed E-state index contributed by atoms with van der Waals surface area (Å²) in [4.78, 5) is 24.8. The van der Waals surface area contributed by atoms with Crippen LogP contribution in [-0.2, 0) is 14.3 Å². The van der Waals surface area contributed by atoms with E-state index < -0.39 is 11.9 Å². The van der Waals surface area contributed by atoms with Crippen LogP contribution in [0.3, 0.4) is 0 Å². The Morgan fingerprint density at radius 1 is 1.41 bits per heavy atom. The van der Waals surface area contributed by atoms with Gasteiger partial charge < -0.3 is 14.7 Å². The molecule has 1 N–H and O–H groups in total. The van der Waals surface area contributed by atoms with Crippen molar-refractivity contribution in [1.29, 1.82) is 0 Å². The lowest BCUT2D eigenvalue weighted by molar-refractivity contribution is -0.144. The lowest BCUT2D eigenvalue weighted by atomic mass is 10.0. The predicted molar refractivity (Wildman–Crippen MR) is 64.0 cm³/mol. The largest absolute Gasteiger partial charge is 0.481 e. The van der Waals surface area contributed by atoms with Crippen molar-refractivity contribution in [2.24, 2.45) is 5.92 Å². The Bertz CT molecular complexity index is 317. The highest BCUT2D eigenvalue weighted by Crippen LogP contribution is 2.29. The number of carbonyl (C=O) groups excluding carboxylic acids is 1. The fourth-order valence-corrected chi connectivity index (χ4v) is 3.58. The Morgan fingerprint density at radius 2 is 2.18 bits per heavy atom. The monoisotopic (exact) mass is 259 g/mol. The van der Waals surface area contributed by atoms with Crippen LogP contribution < -0.4 is 0 Å². The highest BCUT2D eigenvalue weighted by molar-refractivity contribution is 8.00. The number of aliphatic carboxylic acids is 1. The molecule has 0 aromatic heterocycles. The maximum absolute atomic E-state index is 12.2. The third kappa shape index (κ3) is 2.57. The zero-order chi connectivity index (χ0) is 12.4. The fourth-order valence-electron chi connectivity index (χ4n) is 2.32. The SMILES string of the molecule is CN(C(=O)C1CCCS1)C1COCC1C(=O)O. The Kier molecular flexibility index (Phi) is 3.93. The quantitative estimate of drug-likeness (QED) is 0.796. The summed E-state index contributed by atoms with van der Waals surface area (Å²) in [5.74, 6) is -0.399. The van der Waals surface area contributed by atoms with Crippen LogP contribution in [0.1, 0.15) is 12.8 Å². The van der Waals surface area contributed by atoms with E-state index in [1.165, 1.54) is 0 Å². The molecule has 3 unspecified atom stereocenters. The number of hydrogen-bond donors (Lipinski definition) is 1. The molecule has 0 saturated carbocycles. The van der Waals surface area contributed by atoms with Gasteiger partial charge in [0.2, 0.25) is 5.91 Å². The minimum absolute atomic E-state index is 0.00930. The maximum atomic E-state index is 12.2. The summed E-state index contributed by atoms with van der Waals surface area (Å²) < 4.78 is 5.18. The zero-order valence-electron chi connectivity index (χ0n) is 9.80. The summed E-state index contributed by atoms with van der Waals surface area (Å²) in [6, 6.07) is -0.318. The van der Waals surface area contributed by atoms with Gasteiger partial charge in [0, 0.05) is 7.05 Å². The third-order valence-electron chi connectivity index (χ3n) is 3.42. The van der Waals surface area contributed by atoms with Gasteiger partial charge in [-0.1, -0.05) is 0 Å². The maximum Gasteiger partial charge on any atom is 0.311 e. The van der Waals surface area contributed by atoms with Crippen LogP contribution in [0.2, 0.25) is 0 Å². The smallest absolute Gasteiger partial charge is 0.311 e. The molecule has 2 aliphatic rings. The summed E-state index contributed by atoms with van der Waals surface area (Å²) in [5, 5.41) is 9.07. The van der Waals surface area contributed by atoms with E-state index >= 15 is 0 Å². The number of carboxylic acids is 1. The highest BCUT2D eigenvalue weighted by atomic mass is 32.2. The van der Waals surface area contributed by atoms with E-state index in [4.69, 9.17) is 9.84 Å². The Labute approximate surface area is 104 Å². The van der Waals surface area contributed by atoms with Crippen molar-refractivity contribution in [3.05, 3.63) is 0 Å². The predicted octanol–water partition coefficient (Wildman–Crippen LogP) is 0.440. The first-order valence-electron chi connectivity index (χ1n) is 5.80. The van der Waals surface area contributed by atoms with E-state index in [0.29, 0.717) is 6.61 Å². The van der Waals surface area contributed by atoms with E-state index in [1.54, 1.807) is 23.7 Å². The van der Waals surface area contributed by atoms with E-state index in [0.717, 1.165) is 18.6 Å². The second kappa shape index (κ2) is 5.27. The number of hydrogen-bond acceptors (Lipinski definition) is 4. The van der Waals surface area contributed by atoms with Crippen molar-refractivity contribution in [2.45, 2.75) is 24.1 Å². The van der Waals surface area contributed by atoms with Crippen molar-refractivity contribution in [3.63, 3.8) is 0 Å². The van der Waals surface area contributed by atoms with Crippen LogP contribution in [-0.4, -0.2) is 59.2 Å². The fraction of sp³-hybridized carbons (Fsp3) is 0.818. The molecule has 0 aliphatic carbocycles. The summed E-state index contributed by atoms with van der Waals surface area (Å²) in [5.41, 5.74) is 0. The van der Waals surface area contributed by atoms with E-state index in [2.05, 4.69) is 0 Å². The Hall–Kier alpha value is -0.750. The molecule has 0 aromatic carbocycles. The molecule has 0 spiro atoms. The molecule has 2 rings (SSSR count). The third-order valence-corrected chi connectivity index (χ3v) is 4.78. The van der Waals surface area contributed by atoms with Gasteiger partial charge in [0.15, 0.2) is 0 Å². The van der Waals surface area contributed by atoms with Gasteiger partial charge >= 0.3 is 5.97 Å². The van der Waals surface area contributed by atoms with Crippen molar-refractivity contribution < 1.29 is 19.4 Å².